The summed E-state index contributed by atoms with van der Waals surface area (Å²) in [5, 5.41) is 8.96. The van der Waals surface area contributed by atoms with Gasteiger partial charge in [0, 0.05) is 0 Å². The molecule has 13 heavy (non-hydrogen) atoms. The summed E-state index contributed by atoms with van der Waals surface area (Å²) >= 11 is 0. The number of hydrogen-bond acceptors (Lipinski definition) is 1. The molecule has 0 saturated heterocycles. The second kappa shape index (κ2) is 5.59. The Kier molecular flexibility index (Phi) is 5.14. The second-order valence-corrected chi connectivity index (χ2v) is 3.99. The molecule has 0 aliphatic heterocycles. The van der Waals surface area contributed by atoms with Crippen LogP contribution in [0, 0.1) is 16.7 Å². The second-order valence-electron chi connectivity index (χ2n) is 3.99. The highest BCUT2D eigenvalue weighted by Crippen LogP contribution is 2.27. The maximum atomic E-state index is 8.96. The molecule has 72 valence electrons. The summed E-state index contributed by atoms with van der Waals surface area (Å²) in [7, 11) is 0. The molecule has 1 heteroatoms. The average molecular weight is 177 g/mol. The molecule has 0 aromatic heterocycles. The van der Waals surface area contributed by atoms with E-state index in [2.05, 4.69) is 32.6 Å². The Bertz CT molecular complexity index is 228. The molecule has 0 rings (SSSR count). The lowest BCUT2D eigenvalue weighted by Gasteiger charge is -2.18. The van der Waals surface area contributed by atoms with Gasteiger partial charge in [-0.1, -0.05) is 17.7 Å². The Morgan fingerprint density at radius 2 is 2.15 bits per heavy atom. The Hall–Kier alpha value is -1.03. The van der Waals surface area contributed by atoms with Crippen LogP contribution < -0.4 is 0 Å². The summed E-state index contributed by atoms with van der Waals surface area (Å²) in [4.78, 5) is 0. The first-order valence-corrected chi connectivity index (χ1v) is 4.69. The molecule has 0 aromatic carbocycles. The van der Waals surface area contributed by atoms with Crippen LogP contribution in [-0.2, 0) is 0 Å². The van der Waals surface area contributed by atoms with Crippen LogP contribution >= 0.6 is 0 Å². The van der Waals surface area contributed by atoms with Crippen LogP contribution in [0.15, 0.2) is 24.3 Å². The summed E-state index contributed by atoms with van der Waals surface area (Å²) in [5.74, 6) is 0. The fourth-order valence-electron chi connectivity index (χ4n) is 1.20. The first-order valence-electron chi connectivity index (χ1n) is 4.69. The molecule has 0 saturated carbocycles. The predicted octanol–water partition coefficient (Wildman–Crippen LogP) is 3.84. The maximum Gasteiger partial charge on any atom is 0.0690 e. The van der Waals surface area contributed by atoms with Crippen molar-refractivity contribution in [3.8, 4) is 6.07 Å². The van der Waals surface area contributed by atoms with Crippen molar-refractivity contribution in [3.05, 3.63) is 24.3 Å². The molecule has 0 unspecified atom stereocenters. The molecule has 0 heterocycles. The normalized spacial score (nSPS) is 14.0. The fraction of sp³-hybridized carbons (Fsp3) is 0.583. The van der Waals surface area contributed by atoms with E-state index < -0.39 is 0 Å². The quantitative estimate of drug-likeness (QED) is 0.585. The summed E-state index contributed by atoms with van der Waals surface area (Å²) in [6, 6.07) is 2.35. The average Bonchev–Trinajstić information content (AvgIpc) is 2.04. The topological polar surface area (TPSA) is 23.8 Å². The third kappa shape index (κ3) is 5.25. The van der Waals surface area contributed by atoms with E-state index in [1.54, 1.807) is 0 Å². The molecule has 0 fully saturated rings. The Balaban J connectivity index is 4.07. The highest BCUT2D eigenvalue weighted by atomic mass is 14.3. The third-order valence-corrected chi connectivity index (χ3v) is 2.11. The van der Waals surface area contributed by atoms with Crippen molar-refractivity contribution in [1.82, 2.24) is 0 Å². The number of allylic oxidation sites excluding steroid dienone is 3. The van der Waals surface area contributed by atoms with Crippen molar-refractivity contribution >= 4 is 0 Å². The monoisotopic (exact) mass is 177 g/mol. The smallest absolute Gasteiger partial charge is 0.0690 e. The van der Waals surface area contributed by atoms with Gasteiger partial charge in [-0.25, -0.2) is 0 Å². The van der Waals surface area contributed by atoms with Crippen LogP contribution in [-0.4, -0.2) is 0 Å². The van der Waals surface area contributed by atoms with E-state index in [1.807, 2.05) is 13.0 Å². The predicted molar refractivity (Wildman–Crippen MR) is 57.2 cm³/mol. The molecule has 0 radical (unpaired) electrons. The molecule has 0 spiro atoms. The number of nitriles is 1. The Morgan fingerprint density at radius 3 is 2.54 bits per heavy atom. The summed E-state index contributed by atoms with van der Waals surface area (Å²) < 4.78 is 0. The Morgan fingerprint density at radius 1 is 1.54 bits per heavy atom. The minimum Gasteiger partial charge on any atom is -0.198 e. The molecule has 0 bridgehead atoms. The van der Waals surface area contributed by atoms with Gasteiger partial charge < -0.3 is 0 Å². The van der Waals surface area contributed by atoms with Gasteiger partial charge in [-0.3, -0.25) is 0 Å². The lowest BCUT2D eigenvalue weighted by Crippen LogP contribution is -2.11. The largest absolute Gasteiger partial charge is 0.198 e. The van der Waals surface area contributed by atoms with Crippen molar-refractivity contribution < 1.29 is 0 Å². The van der Waals surface area contributed by atoms with Crippen LogP contribution in [0.1, 0.15) is 40.0 Å². The summed E-state index contributed by atoms with van der Waals surface area (Å²) in [5.41, 5.74) is 1.09. The fourth-order valence-corrected chi connectivity index (χ4v) is 1.20. The first-order chi connectivity index (χ1) is 6.04. The van der Waals surface area contributed by atoms with Gasteiger partial charge in [0.1, 0.15) is 0 Å². The number of rotatable bonds is 5. The van der Waals surface area contributed by atoms with Gasteiger partial charge in [-0.2, -0.15) is 5.26 Å². The zero-order valence-corrected chi connectivity index (χ0v) is 8.93. The zero-order chi connectivity index (χ0) is 10.3. The molecule has 1 atom stereocenters. The van der Waals surface area contributed by atoms with Crippen molar-refractivity contribution in [2.75, 3.05) is 0 Å². The van der Waals surface area contributed by atoms with E-state index in [0.29, 0.717) is 0 Å². The van der Waals surface area contributed by atoms with Crippen LogP contribution in [0.25, 0.3) is 0 Å². The molecule has 0 aromatic rings. The van der Waals surface area contributed by atoms with Crippen molar-refractivity contribution in [2.24, 2.45) is 5.41 Å². The van der Waals surface area contributed by atoms with Crippen LogP contribution in [0.3, 0.4) is 0 Å². The van der Waals surface area contributed by atoms with Crippen LogP contribution in [0.5, 0.6) is 0 Å². The third-order valence-electron chi connectivity index (χ3n) is 2.11. The highest BCUT2D eigenvalue weighted by Gasteiger charge is 2.20. The molecular formula is C12H19N. The zero-order valence-electron chi connectivity index (χ0n) is 8.93. The van der Waals surface area contributed by atoms with Crippen LogP contribution in [0.2, 0.25) is 0 Å². The number of hydrogen-bond donors (Lipinski definition) is 0. The SMILES string of the molecule is C=CC[C@](C)(C#N)CCC=C(C)C. The van der Waals surface area contributed by atoms with Gasteiger partial charge in [-0.15, -0.1) is 6.58 Å². The van der Waals surface area contributed by atoms with Gasteiger partial charge in [-0.05, 0) is 40.0 Å². The van der Waals surface area contributed by atoms with E-state index in [1.165, 1.54) is 5.57 Å². The lowest BCUT2D eigenvalue weighted by atomic mass is 9.83. The first kappa shape index (κ1) is 12.0. The molecular weight excluding hydrogens is 158 g/mol. The summed E-state index contributed by atoms with van der Waals surface area (Å²) in [6.07, 6.45) is 6.69. The van der Waals surface area contributed by atoms with Gasteiger partial charge in [0.15, 0.2) is 0 Å². The van der Waals surface area contributed by atoms with Gasteiger partial charge in [0.25, 0.3) is 0 Å². The standard InChI is InChI=1S/C12H19N/c1-5-8-12(4,10-13)9-6-7-11(2)3/h5,7H,1,6,8-9H2,2-4H3/t12-/m0/s1. The van der Waals surface area contributed by atoms with Crippen molar-refractivity contribution in [3.63, 3.8) is 0 Å². The highest BCUT2D eigenvalue weighted by molar-refractivity contribution is 5.02. The maximum absolute atomic E-state index is 8.96. The molecule has 0 N–H and O–H groups in total. The minimum atomic E-state index is -0.228. The van der Waals surface area contributed by atoms with E-state index in [0.717, 1.165) is 19.3 Å². The van der Waals surface area contributed by atoms with Gasteiger partial charge >= 0.3 is 0 Å². The molecule has 0 aliphatic rings. The van der Waals surface area contributed by atoms with Crippen LogP contribution in [0.4, 0.5) is 0 Å². The Labute approximate surface area is 81.8 Å². The minimum absolute atomic E-state index is 0.228. The van der Waals surface area contributed by atoms with E-state index in [4.69, 9.17) is 5.26 Å². The molecule has 0 aliphatic carbocycles. The van der Waals surface area contributed by atoms with Crippen molar-refractivity contribution in [1.29, 1.82) is 5.26 Å². The van der Waals surface area contributed by atoms with E-state index in [9.17, 15) is 0 Å². The summed E-state index contributed by atoms with van der Waals surface area (Å²) in [6.45, 7) is 9.83. The molecule has 0 amide bonds. The lowest BCUT2D eigenvalue weighted by molar-refractivity contribution is 0.414. The van der Waals surface area contributed by atoms with Crippen molar-refractivity contribution in [2.45, 2.75) is 40.0 Å². The van der Waals surface area contributed by atoms with Gasteiger partial charge in [0.2, 0.25) is 0 Å². The molecule has 1 nitrogen and oxygen atoms in total. The van der Waals surface area contributed by atoms with E-state index in [-0.39, 0.29) is 5.41 Å². The van der Waals surface area contributed by atoms with E-state index >= 15 is 0 Å². The number of nitrogens with zero attached hydrogens (tertiary/aromatic N) is 1. The van der Waals surface area contributed by atoms with Gasteiger partial charge in [0.05, 0.1) is 11.5 Å².